The summed E-state index contributed by atoms with van der Waals surface area (Å²) in [6.45, 7) is 0. The molecule has 0 amide bonds. The molecule has 2 nitrogen and oxygen atoms in total. The SMILES string of the molecule is c1ccc(-c2ccc(N(c3ccc(-c4ccccc4-c4cccc5c4oc4ccccc45)cc3)c3ccc(-c4ccccc4)c(-c4ccccc4)c3)cc2)cc1. The third-order valence-corrected chi connectivity index (χ3v) is 10.7. The minimum atomic E-state index is 0.904. The number of furan rings is 1. The Kier molecular flexibility index (Phi) is 8.55. The highest BCUT2D eigenvalue weighted by Gasteiger charge is 2.19. The summed E-state index contributed by atoms with van der Waals surface area (Å²) in [4.78, 5) is 2.36. The summed E-state index contributed by atoms with van der Waals surface area (Å²) >= 11 is 0. The molecule has 0 aliphatic heterocycles. The highest BCUT2D eigenvalue weighted by Crippen LogP contribution is 2.43. The molecule has 9 aromatic carbocycles. The van der Waals surface area contributed by atoms with E-state index in [1.54, 1.807) is 0 Å². The fourth-order valence-electron chi connectivity index (χ4n) is 8.00. The minimum Gasteiger partial charge on any atom is -0.455 e. The summed E-state index contributed by atoms with van der Waals surface area (Å²) in [5, 5.41) is 2.26. The molecule has 0 aliphatic rings. The number of benzene rings is 9. The second-order valence-electron chi connectivity index (χ2n) is 14.1. The zero-order valence-electron chi connectivity index (χ0n) is 30.7. The predicted octanol–water partition coefficient (Wildman–Crippen LogP) is 15.4. The second kappa shape index (κ2) is 14.4. The van der Waals surface area contributed by atoms with Crippen molar-refractivity contribution in [2.45, 2.75) is 0 Å². The van der Waals surface area contributed by atoms with E-state index in [4.69, 9.17) is 4.42 Å². The van der Waals surface area contributed by atoms with Crippen molar-refractivity contribution >= 4 is 39.0 Å². The van der Waals surface area contributed by atoms with E-state index in [-0.39, 0.29) is 0 Å². The molecule has 0 fully saturated rings. The maximum absolute atomic E-state index is 6.49. The van der Waals surface area contributed by atoms with Gasteiger partial charge in [0.15, 0.2) is 0 Å². The molecular formula is C54H37NO. The van der Waals surface area contributed by atoms with Crippen LogP contribution in [0, 0.1) is 0 Å². The summed E-state index contributed by atoms with van der Waals surface area (Å²) < 4.78 is 6.49. The topological polar surface area (TPSA) is 16.4 Å². The number of rotatable bonds is 8. The van der Waals surface area contributed by atoms with Crippen LogP contribution in [-0.4, -0.2) is 0 Å². The van der Waals surface area contributed by atoms with Crippen LogP contribution in [0.3, 0.4) is 0 Å². The van der Waals surface area contributed by atoms with Gasteiger partial charge in [-0.05, 0) is 92.5 Å². The van der Waals surface area contributed by atoms with Gasteiger partial charge in [0.25, 0.3) is 0 Å². The monoisotopic (exact) mass is 715 g/mol. The Hall–Kier alpha value is -7.42. The highest BCUT2D eigenvalue weighted by molar-refractivity contribution is 6.10. The quantitative estimate of drug-likeness (QED) is 0.156. The first-order valence-corrected chi connectivity index (χ1v) is 19.1. The van der Waals surface area contributed by atoms with E-state index in [0.717, 1.165) is 61.3 Å². The molecule has 0 saturated carbocycles. The number of para-hydroxylation sites is 2. The molecule has 56 heavy (non-hydrogen) atoms. The molecule has 0 atom stereocenters. The van der Waals surface area contributed by atoms with E-state index in [1.807, 2.05) is 12.1 Å². The first-order valence-electron chi connectivity index (χ1n) is 19.1. The van der Waals surface area contributed by atoms with Gasteiger partial charge >= 0.3 is 0 Å². The molecule has 0 bridgehead atoms. The van der Waals surface area contributed by atoms with E-state index < -0.39 is 0 Å². The second-order valence-corrected chi connectivity index (χ2v) is 14.1. The smallest absolute Gasteiger partial charge is 0.143 e. The van der Waals surface area contributed by atoms with Gasteiger partial charge in [-0.25, -0.2) is 0 Å². The van der Waals surface area contributed by atoms with Gasteiger partial charge in [-0.1, -0.05) is 182 Å². The van der Waals surface area contributed by atoms with Crippen LogP contribution in [0.25, 0.3) is 77.6 Å². The number of anilines is 3. The Labute approximate surface area is 327 Å². The molecule has 10 aromatic rings. The van der Waals surface area contributed by atoms with Crippen molar-refractivity contribution in [3.05, 3.63) is 224 Å². The molecule has 264 valence electrons. The van der Waals surface area contributed by atoms with Gasteiger partial charge in [0, 0.05) is 33.4 Å². The number of nitrogens with zero attached hydrogens (tertiary/aromatic N) is 1. The molecular weight excluding hydrogens is 679 g/mol. The van der Waals surface area contributed by atoms with Crippen molar-refractivity contribution < 1.29 is 4.42 Å². The average Bonchev–Trinajstić information content (AvgIpc) is 3.67. The number of hydrogen-bond acceptors (Lipinski definition) is 2. The molecule has 0 unspecified atom stereocenters. The molecule has 0 saturated heterocycles. The van der Waals surface area contributed by atoms with Crippen molar-refractivity contribution in [3.63, 3.8) is 0 Å². The summed E-state index contributed by atoms with van der Waals surface area (Å²) in [5.74, 6) is 0. The van der Waals surface area contributed by atoms with Crippen molar-refractivity contribution in [1.29, 1.82) is 0 Å². The van der Waals surface area contributed by atoms with E-state index >= 15 is 0 Å². The lowest BCUT2D eigenvalue weighted by Crippen LogP contribution is -2.10. The highest BCUT2D eigenvalue weighted by atomic mass is 16.3. The minimum absolute atomic E-state index is 0.904. The Morgan fingerprint density at radius 1 is 0.268 bits per heavy atom. The van der Waals surface area contributed by atoms with Crippen LogP contribution in [0.2, 0.25) is 0 Å². The Morgan fingerprint density at radius 3 is 1.39 bits per heavy atom. The zero-order valence-corrected chi connectivity index (χ0v) is 30.7. The van der Waals surface area contributed by atoms with Crippen LogP contribution in [0.5, 0.6) is 0 Å². The van der Waals surface area contributed by atoms with Crippen LogP contribution < -0.4 is 4.90 Å². The predicted molar refractivity (Wildman–Crippen MR) is 236 cm³/mol. The van der Waals surface area contributed by atoms with Crippen LogP contribution in [-0.2, 0) is 0 Å². The van der Waals surface area contributed by atoms with E-state index in [9.17, 15) is 0 Å². The van der Waals surface area contributed by atoms with E-state index in [0.29, 0.717) is 0 Å². The van der Waals surface area contributed by atoms with Gasteiger partial charge in [0.1, 0.15) is 11.2 Å². The van der Waals surface area contributed by atoms with Gasteiger partial charge in [0.2, 0.25) is 0 Å². The number of hydrogen-bond donors (Lipinski definition) is 0. The van der Waals surface area contributed by atoms with E-state index in [2.05, 4.69) is 217 Å². The lowest BCUT2D eigenvalue weighted by atomic mass is 9.93. The maximum atomic E-state index is 6.49. The molecule has 2 heteroatoms. The molecule has 0 aliphatic carbocycles. The summed E-state index contributed by atoms with van der Waals surface area (Å²) in [5.41, 5.74) is 16.7. The molecule has 0 N–H and O–H groups in total. The number of fused-ring (bicyclic) bond motifs is 3. The van der Waals surface area contributed by atoms with Crippen molar-refractivity contribution in [2.75, 3.05) is 4.90 Å². The third kappa shape index (κ3) is 6.14. The fraction of sp³-hybridized carbons (Fsp3) is 0. The molecule has 0 spiro atoms. The van der Waals surface area contributed by atoms with Crippen molar-refractivity contribution in [3.8, 4) is 55.6 Å². The maximum Gasteiger partial charge on any atom is 0.143 e. The summed E-state index contributed by atoms with van der Waals surface area (Å²) in [7, 11) is 0. The largest absolute Gasteiger partial charge is 0.455 e. The molecule has 1 aromatic heterocycles. The van der Waals surface area contributed by atoms with Crippen LogP contribution >= 0.6 is 0 Å². The first-order chi connectivity index (χ1) is 27.8. The van der Waals surface area contributed by atoms with Gasteiger partial charge < -0.3 is 9.32 Å². The van der Waals surface area contributed by atoms with Gasteiger partial charge in [0.05, 0.1) is 0 Å². The first kappa shape index (κ1) is 33.2. The van der Waals surface area contributed by atoms with Gasteiger partial charge in [-0.15, -0.1) is 0 Å². The van der Waals surface area contributed by atoms with Gasteiger partial charge in [-0.3, -0.25) is 0 Å². The average molecular weight is 716 g/mol. The zero-order chi connectivity index (χ0) is 37.3. The van der Waals surface area contributed by atoms with Crippen LogP contribution in [0.15, 0.2) is 229 Å². The van der Waals surface area contributed by atoms with Crippen molar-refractivity contribution in [1.82, 2.24) is 0 Å². The summed E-state index contributed by atoms with van der Waals surface area (Å²) in [6, 6.07) is 80.0. The van der Waals surface area contributed by atoms with Gasteiger partial charge in [-0.2, -0.15) is 0 Å². The normalized spacial score (nSPS) is 11.2. The van der Waals surface area contributed by atoms with E-state index in [1.165, 1.54) is 33.4 Å². The Bertz CT molecular complexity index is 2930. The van der Waals surface area contributed by atoms with Crippen LogP contribution in [0.4, 0.5) is 17.1 Å². The third-order valence-electron chi connectivity index (χ3n) is 10.7. The summed E-state index contributed by atoms with van der Waals surface area (Å²) in [6.07, 6.45) is 0. The molecule has 10 rings (SSSR count). The van der Waals surface area contributed by atoms with Crippen LogP contribution in [0.1, 0.15) is 0 Å². The fourth-order valence-corrected chi connectivity index (χ4v) is 8.00. The Balaban J connectivity index is 1.09. The molecule has 0 radical (unpaired) electrons. The lowest BCUT2D eigenvalue weighted by molar-refractivity contribution is 0.670. The molecule has 1 heterocycles. The Morgan fingerprint density at radius 2 is 0.714 bits per heavy atom. The lowest BCUT2D eigenvalue weighted by Gasteiger charge is -2.27. The standard InChI is InChI=1S/C54H37NO/c1-4-15-38(16-5-1)39-27-31-43(32-28-39)55(45-35-36-47(40-17-6-2-7-18-40)52(37-45)41-19-8-3-9-20-41)44-33-29-42(30-34-44)46-21-10-11-22-48(46)50-24-14-25-51-49-23-12-13-26-53(49)56-54(50)51/h1-37H. The van der Waals surface area contributed by atoms with Crippen molar-refractivity contribution in [2.24, 2.45) is 0 Å².